The Kier molecular flexibility index (Phi) is 7.15. The number of Topliss-reactive ketones (excluding diaryl/α,β-unsaturated/α-hetero) is 1. The molecule has 1 heterocycles. The monoisotopic (exact) mass is 436 g/mol. The van der Waals surface area contributed by atoms with E-state index in [1.807, 2.05) is 38.1 Å². The molecule has 0 radical (unpaired) electrons. The molecular formula is C19H25BrN4O3. The number of hydrogen-bond donors (Lipinski definition) is 2. The number of carbonyl (C=O) groups is 1. The Bertz CT molecular complexity index is 932. The van der Waals surface area contributed by atoms with Crippen LogP contribution in [0.4, 0.5) is 5.82 Å². The number of benzene rings is 1. The van der Waals surface area contributed by atoms with Gasteiger partial charge in [0.25, 0.3) is 5.56 Å². The van der Waals surface area contributed by atoms with Crippen molar-refractivity contribution >= 4 is 27.5 Å². The number of ketones is 1. The lowest BCUT2D eigenvalue weighted by atomic mass is 10.0. The molecule has 0 amide bonds. The van der Waals surface area contributed by atoms with Gasteiger partial charge in [-0.1, -0.05) is 41.9 Å². The molecule has 3 N–H and O–H groups in total. The minimum atomic E-state index is -0.659. The van der Waals surface area contributed by atoms with Crippen molar-refractivity contribution < 1.29 is 4.79 Å². The Hall–Kier alpha value is -2.19. The van der Waals surface area contributed by atoms with Gasteiger partial charge in [-0.25, -0.2) is 4.79 Å². The van der Waals surface area contributed by atoms with Crippen molar-refractivity contribution in [1.29, 1.82) is 0 Å². The summed E-state index contributed by atoms with van der Waals surface area (Å²) >= 11 is 3.40. The SMILES string of the molecule is CCCn1c(N)c(C(=O)CN[C@@H](CC)c2ccc(Br)cc2)c(=O)n(C)c1=O. The molecular weight excluding hydrogens is 412 g/mol. The van der Waals surface area contributed by atoms with Crippen LogP contribution in [0, 0.1) is 0 Å². The molecule has 0 unspecified atom stereocenters. The van der Waals surface area contributed by atoms with Crippen LogP contribution in [-0.4, -0.2) is 21.5 Å². The molecule has 0 saturated carbocycles. The van der Waals surface area contributed by atoms with Gasteiger partial charge in [0.2, 0.25) is 0 Å². The van der Waals surface area contributed by atoms with Crippen molar-refractivity contribution in [2.24, 2.45) is 7.05 Å². The smallest absolute Gasteiger partial charge is 0.332 e. The molecule has 2 rings (SSSR count). The quantitative estimate of drug-likeness (QED) is 0.618. The molecule has 1 aromatic carbocycles. The third kappa shape index (κ3) is 4.56. The van der Waals surface area contributed by atoms with Gasteiger partial charge in [-0.3, -0.25) is 18.7 Å². The molecule has 0 saturated heterocycles. The van der Waals surface area contributed by atoms with Gasteiger partial charge in [0, 0.05) is 24.1 Å². The highest BCUT2D eigenvalue weighted by atomic mass is 79.9. The summed E-state index contributed by atoms with van der Waals surface area (Å²) < 4.78 is 3.19. The highest BCUT2D eigenvalue weighted by Gasteiger charge is 2.22. The van der Waals surface area contributed by atoms with Crippen molar-refractivity contribution in [3.05, 3.63) is 60.7 Å². The van der Waals surface area contributed by atoms with Crippen molar-refractivity contribution in [2.45, 2.75) is 39.3 Å². The summed E-state index contributed by atoms with van der Waals surface area (Å²) in [7, 11) is 1.36. The fourth-order valence-electron chi connectivity index (χ4n) is 2.98. The molecule has 0 bridgehead atoms. The van der Waals surface area contributed by atoms with Gasteiger partial charge in [0.05, 0.1) is 6.54 Å². The number of carbonyl (C=O) groups excluding carboxylic acids is 1. The summed E-state index contributed by atoms with van der Waals surface area (Å²) in [5.41, 5.74) is 5.75. The molecule has 2 aromatic rings. The van der Waals surface area contributed by atoms with Crippen LogP contribution < -0.4 is 22.3 Å². The van der Waals surface area contributed by atoms with Crippen LogP contribution >= 0.6 is 15.9 Å². The Balaban J connectivity index is 2.28. The summed E-state index contributed by atoms with van der Waals surface area (Å²) in [4.78, 5) is 37.4. The fourth-order valence-corrected chi connectivity index (χ4v) is 3.25. The van der Waals surface area contributed by atoms with Crippen molar-refractivity contribution in [3.8, 4) is 0 Å². The molecule has 0 aliphatic carbocycles. The summed E-state index contributed by atoms with van der Waals surface area (Å²) in [6.07, 6.45) is 1.44. The van der Waals surface area contributed by atoms with Gasteiger partial charge in [-0.2, -0.15) is 0 Å². The van der Waals surface area contributed by atoms with Gasteiger partial charge in [-0.15, -0.1) is 0 Å². The third-order valence-corrected chi connectivity index (χ3v) is 5.03. The first-order valence-corrected chi connectivity index (χ1v) is 9.72. The average molecular weight is 437 g/mol. The van der Waals surface area contributed by atoms with E-state index < -0.39 is 17.0 Å². The maximum Gasteiger partial charge on any atom is 0.332 e. The van der Waals surface area contributed by atoms with Crippen LogP contribution in [0.3, 0.4) is 0 Å². The average Bonchev–Trinajstić information content (AvgIpc) is 2.65. The number of nitrogens with one attached hydrogen (secondary N) is 1. The Morgan fingerprint density at radius 2 is 1.85 bits per heavy atom. The van der Waals surface area contributed by atoms with E-state index in [4.69, 9.17) is 5.73 Å². The predicted molar refractivity (Wildman–Crippen MR) is 110 cm³/mol. The van der Waals surface area contributed by atoms with Gasteiger partial charge in [-0.05, 0) is 30.5 Å². The number of aromatic nitrogens is 2. The number of rotatable bonds is 8. The standard InChI is InChI=1S/C19H25BrN4O3/c1-4-10-24-17(21)16(18(26)23(3)19(24)27)15(25)11-22-14(5-2)12-6-8-13(20)9-7-12/h6-9,14,22H,4-5,10-11,21H2,1-3H3/t14-/m0/s1. The van der Waals surface area contributed by atoms with Gasteiger partial charge < -0.3 is 11.1 Å². The van der Waals surface area contributed by atoms with E-state index in [-0.39, 0.29) is 24.0 Å². The van der Waals surface area contributed by atoms with Crippen LogP contribution in [0.5, 0.6) is 0 Å². The first kappa shape index (κ1) is 21.1. The Morgan fingerprint density at radius 1 is 1.22 bits per heavy atom. The lowest BCUT2D eigenvalue weighted by Crippen LogP contribution is -2.44. The number of halogens is 1. The van der Waals surface area contributed by atoms with E-state index in [0.29, 0.717) is 13.0 Å². The van der Waals surface area contributed by atoms with E-state index >= 15 is 0 Å². The molecule has 27 heavy (non-hydrogen) atoms. The summed E-state index contributed by atoms with van der Waals surface area (Å²) in [6.45, 7) is 4.21. The number of anilines is 1. The lowest BCUT2D eigenvalue weighted by molar-refractivity contribution is 0.0985. The minimum absolute atomic E-state index is 0.0336. The van der Waals surface area contributed by atoms with E-state index in [9.17, 15) is 14.4 Å². The van der Waals surface area contributed by atoms with E-state index in [2.05, 4.69) is 21.2 Å². The van der Waals surface area contributed by atoms with E-state index in [1.54, 1.807) is 0 Å². The largest absolute Gasteiger partial charge is 0.384 e. The van der Waals surface area contributed by atoms with Crippen LogP contribution in [0.1, 0.15) is 48.7 Å². The number of hydrogen-bond acceptors (Lipinski definition) is 5. The zero-order valence-corrected chi connectivity index (χ0v) is 17.4. The summed E-state index contributed by atoms with van der Waals surface area (Å²) in [5, 5.41) is 3.19. The van der Waals surface area contributed by atoms with E-state index in [1.165, 1.54) is 11.6 Å². The first-order valence-electron chi connectivity index (χ1n) is 8.93. The maximum absolute atomic E-state index is 12.7. The zero-order chi connectivity index (χ0) is 20.1. The first-order chi connectivity index (χ1) is 12.8. The molecule has 8 heteroatoms. The van der Waals surface area contributed by atoms with Crippen molar-refractivity contribution in [1.82, 2.24) is 14.5 Å². The predicted octanol–water partition coefficient (Wildman–Crippen LogP) is 2.23. The molecule has 0 aliphatic heterocycles. The number of nitrogen functional groups attached to an aromatic ring is 1. The molecule has 146 valence electrons. The van der Waals surface area contributed by atoms with Gasteiger partial charge >= 0.3 is 5.69 Å². The normalized spacial score (nSPS) is 12.1. The topological polar surface area (TPSA) is 99.1 Å². The van der Waals surface area contributed by atoms with Crippen LogP contribution in [0.15, 0.2) is 38.3 Å². The maximum atomic E-state index is 12.7. The van der Waals surface area contributed by atoms with Crippen LogP contribution in [0.2, 0.25) is 0 Å². The second kappa shape index (κ2) is 9.14. The molecule has 7 nitrogen and oxygen atoms in total. The van der Waals surface area contributed by atoms with Crippen LogP contribution in [-0.2, 0) is 13.6 Å². The van der Waals surface area contributed by atoms with Gasteiger partial charge in [0.1, 0.15) is 11.4 Å². The fraction of sp³-hybridized carbons (Fsp3) is 0.421. The molecule has 0 aliphatic rings. The molecule has 1 atom stereocenters. The highest BCUT2D eigenvalue weighted by molar-refractivity contribution is 9.10. The van der Waals surface area contributed by atoms with E-state index in [0.717, 1.165) is 21.0 Å². The zero-order valence-electron chi connectivity index (χ0n) is 15.8. The lowest BCUT2D eigenvalue weighted by Gasteiger charge is -2.18. The summed E-state index contributed by atoms with van der Waals surface area (Å²) in [6, 6.07) is 7.80. The van der Waals surface area contributed by atoms with Gasteiger partial charge in [0.15, 0.2) is 5.78 Å². The van der Waals surface area contributed by atoms with Crippen molar-refractivity contribution in [3.63, 3.8) is 0 Å². The Labute approximate surface area is 166 Å². The Morgan fingerprint density at radius 3 is 2.41 bits per heavy atom. The summed E-state index contributed by atoms with van der Waals surface area (Å²) in [5.74, 6) is -0.484. The van der Waals surface area contributed by atoms with Crippen LogP contribution in [0.25, 0.3) is 0 Å². The third-order valence-electron chi connectivity index (χ3n) is 4.50. The second-order valence-electron chi connectivity index (χ2n) is 6.38. The number of nitrogens with two attached hydrogens (primary N) is 1. The molecule has 0 fully saturated rings. The highest BCUT2D eigenvalue weighted by Crippen LogP contribution is 2.19. The molecule has 0 spiro atoms. The minimum Gasteiger partial charge on any atom is -0.384 e. The molecule has 1 aromatic heterocycles. The second-order valence-corrected chi connectivity index (χ2v) is 7.29. The van der Waals surface area contributed by atoms with Crippen molar-refractivity contribution in [2.75, 3.05) is 12.3 Å². The number of nitrogens with zero attached hydrogens (tertiary/aromatic N) is 2.